The third-order valence-corrected chi connectivity index (χ3v) is 3.06. The number of rotatable bonds is 3. The minimum atomic E-state index is -0.196. The molecule has 0 saturated carbocycles. The lowest BCUT2D eigenvalue weighted by molar-refractivity contribution is 0.0792. The first kappa shape index (κ1) is 13.5. The highest BCUT2D eigenvalue weighted by Crippen LogP contribution is 2.13. The van der Waals surface area contributed by atoms with E-state index in [1.54, 1.807) is 11.0 Å². The Kier molecular flexibility index (Phi) is 4.14. The normalized spacial score (nSPS) is 14.8. The van der Waals surface area contributed by atoms with Gasteiger partial charge in [0.25, 0.3) is 11.8 Å². The van der Waals surface area contributed by atoms with Crippen LogP contribution >= 0.6 is 0 Å². The molecule has 0 spiro atoms. The molecule has 1 aliphatic rings. The third-order valence-electron chi connectivity index (χ3n) is 3.06. The molecule has 2 heterocycles. The van der Waals surface area contributed by atoms with Crippen LogP contribution in [0.5, 0.6) is 0 Å². The summed E-state index contributed by atoms with van der Waals surface area (Å²) in [5, 5.41) is 2.79. The standard InChI is InChI=1S/C14H19N3O2/c1-10(2)16-13(18)11-7-12(9-15-8-11)14(19)17-5-3-4-6-17/h7-10H,3-6H2,1-2H3,(H,16,18). The number of aromatic nitrogens is 1. The number of nitrogens with one attached hydrogen (secondary N) is 1. The van der Waals surface area contributed by atoms with Crippen molar-refractivity contribution in [2.24, 2.45) is 0 Å². The van der Waals surface area contributed by atoms with Crippen molar-refractivity contribution < 1.29 is 9.59 Å². The fourth-order valence-corrected chi connectivity index (χ4v) is 2.13. The predicted octanol–water partition coefficient (Wildman–Crippen LogP) is 1.46. The first-order chi connectivity index (χ1) is 9.08. The Morgan fingerprint density at radius 2 is 1.84 bits per heavy atom. The van der Waals surface area contributed by atoms with Crippen LogP contribution in [-0.2, 0) is 0 Å². The van der Waals surface area contributed by atoms with Gasteiger partial charge in [-0.05, 0) is 32.8 Å². The number of hydrogen-bond donors (Lipinski definition) is 1. The number of carbonyl (C=O) groups is 2. The van der Waals surface area contributed by atoms with Gasteiger partial charge in [0.1, 0.15) is 0 Å². The second kappa shape index (κ2) is 5.82. The molecule has 1 fully saturated rings. The molecule has 0 bridgehead atoms. The molecule has 1 aromatic rings. The Morgan fingerprint density at radius 1 is 1.21 bits per heavy atom. The number of likely N-dealkylation sites (tertiary alicyclic amines) is 1. The van der Waals surface area contributed by atoms with Crippen LogP contribution in [-0.4, -0.2) is 40.8 Å². The van der Waals surface area contributed by atoms with Crippen LogP contribution in [0.15, 0.2) is 18.5 Å². The molecule has 0 atom stereocenters. The molecule has 102 valence electrons. The van der Waals surface area contributed by atoms with Crippen LogP contribution < -0.4 is 5.32 Å². The zero-order valence-electron chi connectivity index (χ0n) is 11.3. The molecule has 1 N–H and O–H groups in total. The lowest BCUT2D eigenvalue weighted by atomic mass is 10.1. The van der Waals surface area contributed by atoms with Crippen LogP contribution in [0.4, 0.5) is 0 Å². The lowest BCUT2D eigenvalue weighted by Crippen LogP contribution is -2.31. The summed E-state index contributed by atoms with van der Waals surface area (Å²) in [5.74, 6) is -0.234. The maximum atomic E-state index is 12.2. The van der Waals surface area contributed by atoms with Crippen LogP contribution in [0.2, 0.25) is 0 Å². The SMILES string of the molecule is CC(C)NC(=O)c1cncc(C(=O)N2CCCC2)c1. The highest BCUT2D eigenvalue weighted by molar-refractivity contribution is 5.99. The molecule has 1 aromatic heterocycles. The van der Waals surface area contributed by atoms with E-state index in [0.29, 0.717) is 11.1 Å². The van der Waals surface area contributed by atoms with E-state index in [-0.39, 0.29) is 17.9 Å². The van der Waals surface area contributed by atoms with Gasteiger partial charge in [-0.25, -0.2) is 0 Å². The molecular formula is C14H19N3O2. The summed E-state index contributed by atoms with van der Waals surface area (Å²) in [6.45, 7) is 5.37. The Balaban J connectivity index is 2.14. The Labute approximate surface area is 113 Å². The van der Waals surface area contributed by atoms with Gasteiger partial charge in [0, 0.05) is 31.5 Å². The molecule has 0 aliphatic carbocycles. The molecule has 2 rings (SSSR count). The number of pyridine rings is 1. The minimum Gasteiger partial charge on any atom is -0.350 e. The molecule has 2 amide bonds. The van der Waals surface area contributed by atoms with Gasteiger partial charge in [-0.15, -0.1) is 0 Å². The Morgan fingerprint density at radius 3 is 2.47 bits per heavy atom. The van der Waals surface area contributed by atoms with Crippen molar-refractivity contribution >= 4 is 11.8 Å². The van der Waals surface area contributed by atoms with Crippen molar-refractivity contribution in [1.29, 1.82) is 0 Å². The van der Waals surface area contributed by atoms with Gasteiger partial charge in [0.2, 0.25) is 0 Å². The molecule has 19 heavy (non-hydrogen) atoms. The van der Waals surface area contributed by atoms with Gasteiger partial charge < -0.3 is 10.2 Å². The van der Waals surface area contributed by atoms with Crippen molar-refractivity contribution in [3.8, 4) is 0 Å². The predicted molar refractivity (Wildman–Crippen MR) is 72.0 cm³/mol. The third kappa shape index (κ3) is 3.30. The lowest BCUT2D eigenvalue weighted by Gasteiger charge is -2.15. The van der Waals surface area contributed by atoms with Crippen molar-refractivity contribution in [2.45, 2.75) is 32.7 Å². The minimum absolute atomic E-state index is 0.0378. The fraction of sp³-hybridized carbons (Fsp3) is 0.500. The molecule has 1 saturated heterocycles. The van der Waals surface area contributed by atoms with E-state index < -0.39 is 0 Å². The first-order valence-corrected chi connectivity index (χ1v) is 6.63. The van der Waals surface area contributed by atoms with Gasteiger partial charge in [-0.1, -0.05) is 0 Å². The number of carbonyl (C=O) groups excluding carboxylic acids is 2. The van der Waals surface area contributed by atoms with Crippen molar-refractivity contribution in [3.05, 3.63) is 29.6 Å². The zero-order valence-corrected chi connectivity index (χ0v) is 11.3. The maximum Gasteiger partial charge on any atom is 0.255 e. The summed E-state index contributed by atoms with van der Waals surface area (Å²) in [7, 11) is 0. The van der Waals surface area contributed by atoms with Crippen LogP contribution in [0.25, 0.3) is 0 Å². The van der Waals surface area contributed by atoms with Crippen molar-refractivity contribution in [1.82, 2.24) is 15.2 Å². The Bertz CT molecular complexity index is 479. The highest BCUT2D eigenvalue weighted by Gasteiger charge is 2.20. The van der Waals surface area contributed by atoms with E-state index in [2.05, 4.69) is 10.3 Å². The first-order valence-electron chi connectivity index (χ1n) is 6.63. The monoisotopic (exact) mass is 261 g/mol. The second-order valence-electron chi connectivity index (χ2n) is 5.09. The molecule has 1 aliphatic heterocycles. The average Bonchev–Trinajstić information content (AvgIpc) is 2.91. The largest absolute Gasteiger partial charge is 0.350 e. The summed E-state index contributed by atoms with van der Waals surface area (Å²) in [5.41, 5.74) is 0.914. The summed E-state index contributed by atoms with van der Waals surface area (Å²) in [6.07, 6.45) is 5.10. The van der Waals surface area contributed by atoms with Gasteiger partial charge >= 0.3 is 0 Å². The topological polar surface area (TPSA) is 62.3 Å². The molecule has 0 unspecified atom stereocenters. The van der Waals surface area contributed by atoms with Crippen molar-refractivity contribution in [3.63, 3.8) is 0 Å². The molecule has 5 nitrogen and oxygen atoms in total. The highest BCUT2D eigenvalue weighted by atomic mass is 16.2. The maximum absolute atomic E-state index is 12.2. The zero-order chi connectivity index (χ0) is 13.8. The van der Waals surface area contributed by atoms with E-state index in [1.165, 1.54) is 12.4 Å². The van der Waals surface area contributed by atoms with Gasteiger partial charge in [0.05, 0.1) is 11.1 Å². The van der Waals surface area contributed by atoms with E-state index in [4.69, 9.17) is 0 Å². The van der Waals surface area contributed by atoms with E-state index >= 15 is 0 Å². The van der Waals surface area contributed by atoms with Crippen LogP contribution in [0.1, 0.15) is 47.4 Å². The van der Waals surface area contributed by atoms with Gasteiger partial charge in [-0.3, -0.25) is 14.6 Å². The second-order valence-corrected chi connectivity index (χ2v) is 5.09. The number of nitrogens with zero attached hydrogens (tertiary/aromatic N) is 2. The molecule has 0 radical (unpaired) electrons. The van der Waals surface area contributed by atoms with E-state index in [1.807, 2.05) is 13.8 Å². The van der Waals surface area contributed by atoms with Gasteiger partial charge in [-0.2, -0.15) is 0 Å². The van der Waals surface area contributed by atoms with E-state index in [9.17, 15) is 9.59 Å². The molecule has 5 heteroatoms. The fourth-order valence-electron chi connectivity index (χ4n) is 2.13. The van der Waals surface area contributed by atoms with E-state index in [0.717, 1.165) is 25.9 Å². The van der Waals surface area contributed by atoms with Crippen molar-refractivity contribution in [2.75, 3.05) is 13.1 Å². The molecule has 0 aromatic carbocycles. The number of hydrogen-bond acceptors (Lipinski definition) is 3. The smallest absolute Gasteiger partial charge is 0.255 e. The Hall–Kier alpha value is -1.91. The average molecular weight is 261 g/mol. The summed E-state index contributed by atoms with van der Waals surface area (Å²) >= 11 is 0. The quantitative estimate of drug-likeness (QED) is 0.896. The van der Waals surface area contributed by atoms with Crippen LogP contribution in [0.3, 0.4) is 0 Å². The van der Waals surface area contributed by atoms with Gasteiger partial charge in [0.15, 0.2) is 0 Å². The van der Waals surface area contributed by atoms with Crippen LogP contribution in [0, 0.1) is 0 Å². The summed E-state index contributed by atoms with van der Waals surface area (Å²) < 4.78 is 0. The summed E-state index contributed by atoms with van der Waals surface area (Å²) in [4.78, 5) is 29.9. The molecular weight excluding hydrogens is 242 g/mol. The number of amides is 2. The summed E-state index contributed by atoms with van der Waals surface area (Å²) in [6, 6.07) is 1.68.